The molecule has 1 amide bonds. The second-order valence-electron chi connectivity index (χ2n) is 5.28. The topological polar surface area (TPSA) is 68.0 Å². The van der Waals surface area contributed by atoms with Crippen molar-refractivity contribution >= 4 is 16.8 Å². The van der Waals surface area contributed by atoms with Crippen LogP contribution in [0.15, 0.2) is 36.5 Å². The van der Waals surface area contributed by atoms with Crippen LogP contribution in [0.1, 0.15) is 30.6 Å². The van der Waals surface area contributed by atoms with Gasteiger partial charge in [0, 0.05) is 23.2 Å². The Hall–Kier alpha value is -1.94. The number of pyridine rings is 1. The summed E-state index contributed by atoms with van der Waals surface area (Å²) in [4.78, 5) is 16.7. The Morgan fingerprint density at radius 3 is 2.80 bits per heavy atom. The van der Waals surface area contributed by atoms with Crippen molar-refractivity contribution in [2.45, 2.75) is 26.3 Å². The summed E-state index contributed by atoms with van der Waals surface area (Å²) >= 11 is 0. The zero-order valence-corrected chi connectivity index (χ0v) is 12.0. The molecule has 1 atom stereocenters. The van der Waals surface area contributed by atoms with Crippen molar-refractivity contribution in [3.8, 4) is 0 Å². The number of benzene rings is 1. The minimum absolute atomic E-state index is 0.0595. The lowest BCUT2D eigenvalue weighted by atomic mass is 10.00. The Morgan fingerprint density at radius 2 is 2.10 bits per heavy atom. The Balaban J connectivity index is 2.27. The molecule has 0 bridgehead atoms. The summed E-state index contributed by atoms with van der Waals surface area (Å²) in [5, 5.41) is 3.96. The summed E-state index contributed by atoms with van der Waals surface area (Å²) < 4.78 is 0. The number of hydrogen-bond acceptors (Lipinski definition) is 3. The second-order valence-corrected chi connectivity index (χ2v) is 5.28. The van der Waals surface area contributed by atoms with Crippen molar-refractivity contribution in [1.82, 2.24) is 10.3 Å². The van der Waals surface area contributed by atoms with Gasteiger partial charge in [-0.2, -0.15) is 0 Å². The number of nitrogens with zero attached hydrogens (tertiary/aromatic N) is 1. The number of nitrogens with one attached hydrogen (secondary N) is 1. The van der Waals surface area contributed by atoms with Gasteiger partial charge >= 0.3 is 0 Å². The number of carbonyl (C=O) groups excluding carboxylic acids is 1. The molecule has 1 unspecified atom stereocenters. The van der Waals surface area contributed by atoms with Crippen LogP contribution in [-0.4, -0.2) is 23.5 Å². The van der Waals surface area contributed by atoms with Crippen LogP contribution in [0.4, 0.5) is 0 Å². The van der Waals surface area contributed by atoms with E-state index in [0.717, 1.165) is 17.3 Å². The largest absolute Gasteiger partial charge is 0.349 e. The first-order valence-electron chi connectivity index (χ1n) is 6.98. The van der Waals surface area contributed by atoms with Gasteiger partial charge in [-0.15, -0.1) is 0 Å². The molecular weight excluding hydrogens is 250 g/mol. The first kappa shape index (κ1) is 14.5. The third kappa shape index (κ3) is 3.14. The maximum Gasteiger partial charge on any atom is 0.252 e. The van der Waals surface area contributed by atoms with Gasteiger partial charge in [0.2, 0.25) is 0 Å². The Morgan fingerprint density at radius 1 is 1.30 bits per heavy atom. The summed E-state index contributed by atoms with van der Waals surface area (Å²) in [6, 6.07) is 9.46. The molecule has 0 aliphatic carbocycles. The van der Waals surface area contributed by atoms with Gasteiger partial charge in [-0.25, -0.2) is 0 Å². The molecule has 106 valence electrons. The van der Waals surface area contributed by atoms with E-state index in [9.17, 15) is 4.79 Å². The molecule has 2 aromatic rings. The van der Waals surface area contributed by atoms with Crippen molar-refractivity contribution < 1.29 is 4.79 Å². The van der Waals surface area contributed by atoms with E-state index < -0.39 is 0 Å². The van der Waals surface area contributed by atoms with Crippen molar-refractivity contribution in [2.24, 2.45) is 11.7 Å². The Bertz CT molecular complexity index is 590. The summed E-state index contributed by atoms with van der Waals surface area (Å²) in [7, 11) is 0. The first-order chi connectivity index (χ1) is 9.63. The quantitative estimate of drug-likeness (QED) is 0.877. The zero-order chi connectivity index (χ0) is 14.5. The van der Waals surface area contributed by atoms with Gasteiger partial charge in [-0.3, -0.25) is 9.78 Å². The van der Waals surface area contributed by atoms with E-state index in [-0.39, 0.29) is 11.9 Å². The maximum absolute atomic E-state index is 12.5. The van der Waals surface area contributed by atoms with Gasteiger partial charge in [0.1, 0.15) is 0 Å². The number of hydrogen-bond donors (Lipinski definition) is 2. The van der Waals surface area contributed by atoms with Gasteiger partial charge in [-0.05, 0) is 37.1 Å². The fourth-order valence-corrected chi connectivity index (χ4v) is 2.30. The third-order valence-corrected chi connectivity index (χ3v) is 3.49. The SMILES string of the molecule is CC(C)C(CCN)NC(=O)c1cccc2ncccc12. The number of fused-ring (bicyclic) bond motifs is 1. The molecule has 0 saturated carbocycles. The van der Waals surface area contributed by atoms with Gasteiger partial charge in [0.05, 0.1) is 5.52 Å². The van der Waals surface area contributed by atoms with Crippen LogP contribution < -0.4 is 11.1 Å². The smallest absolute Gasteiger partial charge is 0.252 e. The first-order valence-corrected chi connectivity index (χ1v) is 6.98. The lowest BCUT2D eigenvalue weighted by molar-refractivity contribution is 0.0925. The average molecular weight is 271 g/mol. The minimum atomic E-state index is -0.0595. The average Bonchev–Trinajstić information content (AvgIpc) is 2.46. The molecule has 0 fully saturated rings. The molecule has 1 aromatic heterocycles. The van der Waals surface area contributed by atoms with Crippen LogP contribution in [0.5, 0.6) is 0 Å². The predicted octanol–water partition coefficient (Wildman–Crippen LogP) is 2.34. The van der Waals surface area contributed by atoms with E-state index in [0.29, 0.717) is 18.0 Å². The number of aromatic nitrogens is 1. The Labute approximate surface area is 119 Å². The lowest BCUT2D eigenvalue weighted by Gasteiger charge is -2.22. The molecule has 0 saturated heterocycles. The van der Waals surface area contributed by atoms with Crippen LogP contribution in [0.25, 0.3) is 10.9 Å². The molecule has 0 spiro atoms. The summed E-state index contributed by atoms with van der Waals surface area (Å²) in [5.74, 6) is 0.298. The molecule has 1 heterocycles. The number of rotatable bonds is 5. The second kappa shape index (κ2) is 6.48. The summed E-state index contributed by atoms with van der Waals surface area (Å²) in [6.45, 7) is 4.75. The molecule has 20 heavy (non-hydrogen) atoms. The van der Waals surface area contributed by atoms with Crippen molar-refractivity contribution in [1.29, 1.82) is 0 Å². The standard InChI is InChI=1S/C16H21N3O/c1-11(2)14(8-9-17)19-16(20)13-5-3-7-15-12(13)6-4-10-18-15/h3-7,10-11,14H,8-9,17H2,1-2H3,(H,19,20). The van der Waals surface area contributed by atoms with E-state index in [4.69, 9.17) is 5.73 Å². The molecule has 0 aliphatic heterocycles. The van der Waals surface area contributed by atoms with Crippen LogP contribution >= 0.6 is 0 Å². The third-order valence-electron chi connectivity index (χ3n) is 3.49. The highest BCUT2D eigenvalue weighted by atomic mass is 16.1. The van der Waals surface area contributed by atoms with Gasteiger partial charge in [-0.1, -0.05) is 26.0 Å². The molecule has 4 nitrogen and oxygen atoms in total. The van der Waals surface area contributed by atoms with E-state index in [1.807, 2.05) is 30.3 Å². The van der Waals surface area contributed by atoms with Crippen LogP contribution in [0.3, 0.4) is 0 Å². The van der Waals surface area contributed by atoms with E-state index in [1.165, 1.54) is 0 Å². The van der Waals surface area contributed by atoms with E-state index >= 15 is 0 Å². The summed E-state index contributed by atoms with van der Waals surface area (Å²) in [5.41, 5.74) is 7.11. The highest BCUT2D eigenvalue weighted by molar-refractivity contribution is 6.06. The molecule has 0 aliphatic rings. The predicted molar refractivity (Wildman–Crippen MR) is 81.5 cm³/mol. The highest BCUT2D eigenvalue weighted by Crippen LogP contribution is 2.17. The van der Waals surface area contributed by atoms with E-state index in [1.54, 1.807) is 6.20 Å². The fraction of sp³-hybridized carbons (Fsp3) is 0.375. The normalized spacial score (nSPS) is 12.6. The van der Waals surface area contributed by atoms with Crippen LogP contribution in [0.2, 0.25) is 0 Å². The molecule has 1 aromatic carbocycles. The lowest BCUT2D eigenvalue weighted by Crippen LogP contribution is -2.40. The number of carbonyl (C=O) groups is 1. The Kier molecular flexibility index (Phi) is 4.69. The van der Waals surface area contributed by atoms with Gasteiger partial charge < -0.3 is 11.1 Å². The molecule has 2 rings (SSSR count). The molecule has 3 N–H and O–H groups in total. The van der Waals surface area contributed by atoms with Crippen LogP contribution in [0, 0.1) is 5.92 Å². The van der Waals surface area contributed by atoms with Crippen molar-refractivity contribution in [3.63, 3.8) is 0 Å². The van der Waals surface area contributed by atoms with Crippen LogP contribution in [-0.2, 0) is 0 Å². The monoisotopic (exact) mass is 271 g/mol. The van der Waals surface area contributed by atoms with E-state index in [2.05, 4.69) is 24.1 Å². The van der Waals surface area contributed by atoms with Gasteiger partial charge in [0.25, 0.3) is 5.91 Å². The highest BCUT2D eigenvalue weighted by Gasteiger charge is 2.17. The zero-order valence-electron chi connectivity index (χ0n) is 12.0. The molecular formula is C16H21N3O. The minimum Gasteiger partial charge on any atom is -0.349 e. The molecule has 4 heteroatoms. The fourth-order valence-electron chi connectivity index (χ4n) is 2.30. The number of amides is 1. The van der Waals surface area contributed by atoms with Crippen molar-refractivity contribution in [2.75, 3.05) is 6.54 Å². The molecule has 0 radical (unpaired) electrons. The van der Waals surface area contributed by atoms with Crippen molar-refractivity contribution in [3.05, 3.63) is 42.1 Å². The summed E-state index contributed by atoms with van der Waals surface area (Å²) in [6.07, 6.45) is 2.52. The van der Waals surface area contributed by atoms with Gasteiger partial charge in [0.15, 0.2) is 0 Å². The number of nitrogens with two attached hydrogens (primary N) is 1. The maximum atomic E-state index is 12.5.